The average Bonchev–Trinajstić information content (AvgIpc) is 3.14. The number of aromatic nitrogens is 2. The van der Waals surface area contributed by atoms with Gasteiger partial charge in [-0.2, -0.15) is 0 Å². The van der Waals surface area contributed by atoms with Crippen molar-refractivity contribution in [3.05, 3.63) is 90.4 Å². The summed E-state index contributed by atoms with van der Waals surface area (Å²) in [5.41, 5.74) is 4.29. The molecule has 1 aliphatic rings. The fraction of sp³-hybridized carbons (Fsp3) is 0.0500. The Hall–Kier alpha value is -3.27. The number of hydrogen-bond donors (Lipinski definition) is 0. The van der Waals surface area contributed by atoms with Crippen molar-refractivity contribution in [3.63, 3.8) is 0 Å². The molecule has 0 bridgehead atoms. The SMILES string of the molecule is C1=C(c2cnc(Oc3ccccc3)nc2)CC(c2ccccc2)=N1. The molecule has 4 rings (SSSR count). The number of para-hydroxylation sites is 1. The highest BCUT2D eigenvalue weighted by molar-refractivity contribution is 6.08. The number of rotatable bonds is 4. The maximum Gasteiger partial charge on any atom is 0.321 e. The van der Waals surface area contributed by atoms with Crippen LogP contribution < -0.4 is 4.74 Å². The van der Waals surface area contributed by atoms with E-state index in [0.717, 1.165) is 34.6 Å². The normalized spacial score (nSPS) is 13.3. The monoisotopic (exact) mass is 313 g/mol. The molecular weight excluding hydrogens is 298 g/mol. The standard InChI is InChI=1S/C20H15N3O/c1-3-7-15(8-4-1)19-11-16(12-21-19)17-13-22-20(23-14-17)24-18-9-5-2-6-10-18/h1-10,12-14H,11H2. The smallest absolute Gasteiger partial charge is 0.321 e. The van der Waals surface area contributed by atoms with E-state index in [4.69, 9.17) is 4.74 Å². The Morgan fingerprint density at radius 2 is 1.42 bits per heavy atom. The molecule has 0 aliphatic carbocycles. The van der Waals surface area contributed by atoms with Crippen molar-refractivity contribution in [2.75, 3.05) is 0 Å². The van der Waals surface area contributed by atoms with Crippen molar-refractivity contribution in [3.8, 4) is 11.8 Å². The van der Waals surface area contributed by atoms with Crippen LogP contribution >= 0.6 is 0 Å². The van der Waals surface area contributed by atoms with Gasteiger partial charge in [-0.3, -0.25) is 4.99 Å². The highest BCUT2D eigenvalue weighted by Gasteiger charge is 2.14. The zero-order chi connectivity index (χ0) is 16.2. The summed E-state index contributed by atoms with van der Waals surface area (Å²) < 4.78 is 5.62. The molecule has 0 spiro atoms. The molecule has 0 atom stereocenters. The summed E-state index contributed by atoms with van der Waals surface area (Å²) in [7, 11) is 0. The summed E-state index contributed by atoms with van der Waals surface area (Å²) in [4.78, 5) is 13.1. The Labute approximate surface area is 140 Å². The van der Waals surface area contributed by atoms with Gasteiger partial charge in [0.15, 0.2) is 0 Å². The predicted molar refractivity (Wildman–Crippen MR) is 94.1 cm³/mol. The minimum absolute atomic E-state index is 0.341. The van der Waals surface area contributed by atoms with Crippen molar-refractivity contribution in [2.45, 2.75) is 6.42 Å². The average molecular weight is 313 g/mol. The van der Waals surface area contributed by atoms with E-state index >= 15 is 0 Å². The van der Waals surface area contributed by atoms with E-state index in [1.165, 1.54) is 0 Å². The zero-order valence-electron chi connectivity index (χ0n) is 13.0. The topological polar surface area (TPSA) is 47.4 Å². The van der Waals surface area contributed by atoms with E-state index < -0.39 is 0 Å². The van der Waals surface area contributed by atoms with Crippen LogP contribution in [0.15, 0.2) is 84.2 Å². The number of hydrogen-bond acceptors (Lipinski definition) is 4. The number of allylic oxidation sites excluding steroid dienone is 1. The van der Waals surface area contributed by atoms with Crippen molar-refractivity contribution < 1.29 is 4.74 Å². The lowest BCUT2D eigenvalue weighted by molar-refractivity contribution is 0.441. The van der Waals surface area contributed by atoms with Crippen LogP contribution in [0.2, 0.25) is 0 Å². The van der Waals surface area contributed by atoms with Crippen LogP contribution in [-0.4, -0.2) is 15.7 Å². The first-order valence-electron chi connectivity index (χ1n) is 7.75. The summed E-state index contributed by atoms with van der Waals surface area (Å²) in [6, 6.07) is 20.0. The molecule has 0 radical (unpaired) electrons. The molecule has 3 aromatic rings. The van der Waals surface area contributed by atoms with Crippen molar-refractivity contribution in [1.82, 2.24) is 9.97 Å². The Bertz CT molecular complexity index is 885. The van der Waals surface area contributed by atoms with Gasteiger partial charge in [0.05, 0.1) is 5.71 Å². The van der Waals surface area contributed by atoms with Gasteiger partial charge in [-0.1, -0.05) is 48.5 Å². The van der Waals surface area contributed by atoms with Gasteiger partial charge in [0.25, 0.3) is 0 Å². The Morgan fingerprint density at radius 3 is 2.12 bits per heavy atom. The minimum atomic E-state index is 0.341. The number of nitrogens with zero attached hydrogens (tertiary/aromatic N) is 3. The Morgan fingerprint density at radius 1 is 0.750 bits per heavy atom. The van der Waals surface area contributed by atoms with Gasteiger partial charge in [-0.15, -0.1) is 0 Å². The van der Waals surface area contributed by atoms with Crippen LogP contribution in [-0.2, 0) is 0 Å². The maximum absolute atomic E-state index is 5.62. The third-order valence-electron chi connectivity index (χ3n) is 3.79. The van der Waals surface area contributed by atoms with E-state index in [1.807, 2.05) is 54.7 Å². The molecule has 1 aliphatic heterocycles. The quantitative estimate of drug-likeness (QED) is 0.712. The highest BCUT2D eigenvalue weighted by atomic mass is 16.5. The minimum Gasteiger partial charge on any atom is -0.424 e. The molecule has 0 fully saturated rings. The molecular formula is C20H15N3O. The summed E-state index contributed by atoms with van der Waals surface area (Å²) in [5, 5.41) is 0. The Balaban J connectivity index is 1.45. The highest BCUT2D eigenvalue weighted by Crippen LogP contribution is 2.26. The van der Waals surface area contributed by atoms with Gasteiger partial charge in [0.2, 0.25) is 0 Å². The molecule has 0 saturated carbocycles. The molecule has 116 valence electrons. The second-order valence-electron chi connectivity index (χ2n) is 5.44. The van der Waals surface area contributed by atoms with E-state index in [-0.39, 0.29) is 0 Å². The zero-order valence-corrected chi connectivity index (χ0v) is 13.0. The molecule has 0 saturated heterocycles. The third kappa shape index (κ3) is 3.08. The molecule has 0 amide bonds. The van der Waals surface area contributed by atoms with Gasteiger partial charge in [0.1, 0.15) is 5.75 Å². The van der Waals surface area contributed by atoms with E-state index in [2.05, 4.69) is 27.1 Å². The second kappa shape index (κ2) is 6.46. The molecule has 1 aromatic heterocycles. The maximum atomic E-state index is 5.62. The first-order chi connectivity index (χ1) is 11.9. The van der Waals surface area contributed by atoms with E-state index in [9.17, 15) is 0 Å². The van der Waals surface area contributed by atoms with Crippen LogP contribution in [0.25, 0.3) is 5.57 Å². The first kappa shape index (κ1) is 14.3. The molecule has 4 nitrogen and oxygen atoms in total. The summed E-state index contributed by atoms with van der Waals surface area (Å²) in [6.45, 7) is 0. The Kier molecular flexibility index (Phi) is 3.86. The summed E-state index contributed by atoms with van der Waals surface area (Å²) in [6.07, 6.45) is 6.23. The molecule has 2 heterocycles. The van der Waals surface area contributed by atoms with Crippen LogP contribution in [0.4, 0.5) is 0 Å². The van der Waals surface area contributed by atoms with Gasteiger partial charge in [0, 0.05) is 30.6 Å². The largest absolute Gasteiger partial charge is 0.424 e. The first-order valence-corrected chi connectivity index (χ1v) is 7.75. The second-order valence-corrected chi connectivity index (χ2v) is 5.44. The molecule has 0 unspecified atom stereocenters. The fourth-order valence-electron chi connectivity index (χ4n) is 2.54. The number of aliphatic imine (C=N–C) groups is 1. The summed E-state index contributed by atoms with van der Waals surface area (Å²) >= 11 is 0. The van der Waals surface area contributed by atoms with E-state index in [0.29, 0.717) is 6.01 Å². The van der Waals surface area contributed by atoms with Crippen molar-refractivity contribution in [2.24, 2.45) is 4.99 Å². The molecule has 0 N–H and O–H groups in total. The molecule has 4 heteroatoms. The van der Waals surface area contributed by atoms with Crippen molar-refractivity contribution in [1.29, 1.82) is 0 Å². The van der Waals surface area contributed by atoms with Crippen molar-refractivity contribution >= 4 is 11.3 Å². The van der Waals surface area contributed by atoms with Gasteiger partial charge in [-0.05, 0) is 23.3 Å². The van der Waals surface area contributed by atoms with E-state index in [1.54, 1.807) is 12.4 Å². The summed E-state index contributed by atoms with van der Waals surface area (Å²) in [5.74, 6) is 0.722. The third-order valence-corrected chi connectivity index (χ3v) is 3.79. The van der Waals surface area contributed by atoms with Crippen LogP contribution in [0.3, 0.4) is 0 Å². The fourth-order valence-corrected chi connectivity index (χ4v) is 2.54. The molecule has 24 heavy (non-hydrogen) atoms. The molecule has 2 aromatic carbocycles. The van der Waals surface area contributed by atoms with Gasteiger partial charge >= 0.3 is 6.01 Å². The lowest BCUT2D eigenvalue weighted by Crippen LogP contribution is -1.98. The number of ether oxygens (including phenoxy) is 1. The van der Waals surface area contributed by atoms with Gasteiger partial charge < -0.3 is 4.74 Å². The van der Waals surface area contributed by atoms with Crippen LogP contribution in [0.1, 0.15) is 17.5 Å². The van der Waals surface area contributed by atoms with Gasteiger partial charge in [-0.25, -0.2) is 9.97 Å². The lowest BCUT2D eigenvalue weighted by Gasteiger charge is -2.06. The van der Waals surface area contributed by atoms with Crippen LogP contribution in [0, 0.1) is 0 Å². The number of benzene rings is 2. The lowest BCUT2D eigenvalue weighted by atomic mass is 10.0. The predicted octanol–water partition coefficient (Wildman–Crippen LogP) is 4.50. The van der Waals surface area contributed by atoms with Crippen LogP contribution in [0.5, 0.6) is 11.8 Å².